The first-order chi connectivity index (χ1) is 16.1. The van der Waals surface area contributed by atoms with Crippen LogP contribution >= 0.6 is 0 Å². The second kappa shape index (κ2) is 8.83. The first kappa shape index (κ1) is 23.3. The number of anilines is 2. The van der Waals surface area contributed by atoms with Crippen molar-refractivity contribution in [1.29, 1.82) is 0 Å². The number of rotatable bonds is 6. The minimum atomic E-state index is -2.28. The Bertz CT molecular complexity index is 1490. The summed E-state index contributed by atoms with van der Waals surface area (Å²) < 4.78 is 17.8. The molecular weight excluding hydrogens is 450 g/mol. The third-order valence-corrected chi connectivity index (χ3v) is 6.75. The zero-order valence-corrected chi connectivity index (χ0v) is 20.6. The number of fused-ring (bicyclic) bond motifs is 1. The third-order valence-electron chi connectivity index (χ3n) is 5.48. The van der Waals surface area contributed by atoms with Gasteiger partial charge in [-0.25, -0.2) is 0 Å². The maximum Gasteiger partial charge on any atom is 0.253 e. The number of hydrogen-bond donors (Lipinski definition) is 2. The highest BCUT2D eigenvalue weighted by molar-refractivity contribution is 7.99. The Morgan fingerprint density at radius 2 is 1.85 bits per heavy atom. The number of aromatic amines is 1. The summed E-state index contributed by atoms with van der Waals surface area (Å²) in [5.74, 6) is 4.46. The van der Waals surface area contributed by atoms with E-state index in [4.69, 9.17) is 4.74 Å². The van der Waals surface area contributed by atoms with Crippen LogP contribution in [0.2, 0.25) is 0 Å². The standard InChI is InChI=1S/C25H27N5O3S/c1-15-13-17(24(31)30(2)3)9-12-20(15)27-25-28-22-21(23(29-25)33-4)19(14-26-22)16-7-10-18(11-8-16)34(5,6)32/h7-14H,5H2,1-4,6H3,(H2,26,27,28,29). The molecule has 2 heterocycles. The van der Waals surface area contributed by atoms with E-state index in [0.717, 1.165) is 27.8 Å². The predicted molar refractivity (Wildman–Crippen MR) is 138 cm³/mol. The highest BCUT2D eigenvalue weighted by Gasteiger charge is 2.17. The lowest BCUT2D eigenvalue weighted by Gasteiger charge is -2.14. The Hall–Kier alpha value is -3.85. The molecule has 0 aliphatic heterocycles. The fourth-order valence-corrected chi connectivity index (χ4v) is 4.38. The highest BCUT2D eigenvalue weighted by Crippen LogP contribution is 2.35. The molecule has 4 aromatic rings. The van der Waals surface area contributed by atoms with Gasteiger partial charge in [-0.15, -0.1) is 0 Å². The normalized spacial score (nSPS) is 12.9. The summed E-state index contributed by atoms with van der Waals surface area (Å²) in [5, 5.41) is 3.97. The Morgan fingerprint density at radius 1 is 1.15 bits per heavy atom. The van der Waals surface area contributed by atoms with Crippen molar-refractivity contribution in [2.24, 2.45) is 0 Å². The zero-order valence-electron chi connectivity index (χ0n) is 19.8. The van der Waals surface area contributed by atoms with E-state index in [1.54, 1.807) is 38.4 Å². The molecule has 2 aromatic heterocycles. The summed E-state index contributed by atoms with van der Waals surface area (Å²) in [4.78, 5) is 26.8. The molecule has 1 amide bonds. The molecule has 0 spiro atoms. The van der Waals surface area contributed by atoms with Crippen LogP contribution in [0.15, 0.2) is 53.6 Å². The van der Waals surface area contributed by atoms with E-state index in [-0.39, 0.29) is 5.91 Å². The fraction of sp³-hybridized carbons (Fsp3) is 0.200. The van der Waals surface area contributed by atoms with Crippen LogP contribution in [0, 0.1) is 6.92 Å². The van der Waals surface area contributed by atoms with E-state index in [2.05, 4.69) is 26.1 Å². The monoisotopic (exact) mass is 477 g/mol. The Labute approximate surface area is 199 Å². The summed E-state index contributed by atoms with van der Waals surface area (Å²) in [7, 11) is 2.73. The van der Waals surface area contributed by atoms with Crippen LogP contribution in [0.5, 0.6) is 5.88 Å². The molecule has 2 N–H and O–H groups in total. The Kier molecular flexibility index (Phi) is 6.05. The van der Waals surface area contributed by atoms with Crippen molar-refractivity contribution in [3.8, 4) is 17.0 Å². The Balaban J connectivity index is 1.69. The molecule has 4 rings (SSSR count). The first-order valence-electron chi connectivity index (χ1n) is 10.5. The smallest absolute Gasteiger partial charge is 0.253 e. The van der Waals surface area contributed by atoms with Gasteiger partial charge in [0, 0.05) is 48.3 Å². The molecular formula is C25H27N5O3S. The van der Waals surface area contributed by atoms with Crippen LogP contribution in [0.1, 0.15) is 15.9 Å². The number of methoxy groups -OCH3 is 1. The number of aromatic nitrogens is 3. The summed E-state index contributed by atoms with van der Waals surface area (Å²) in [6.07, 6.45) is 3.47. The van der Waals surface area contributed by atoms with E-state index < -0.39 is 9.52 Å². The van der Waals surface area contributed by atoms with E-state index in [9.17, 15) is 9.00 Å². The molecule has 1 atom stereocenters. The number of aryl methyl sites for hydroxylation is 1. The minimum Gasteiger partial charge on any atom is -0.480 e. The Morgan fingerprint density at radius 3 is 2.44 bits per heavy atom. The van der Waals surface area contributed by atoms with Crippen LogP contribution in [0.4, 0.5) is 11.6 Å². The molecule has 0 saturated carbocycles. The number of ether oxygens (including phenoxy) is 1. The molecule has 0 fully saturated rings. The largest absolute Gasteiger partial charge is 0.480 e. The fourth-order valence-electron chi connectivity index (χ4n) is 3.67. The summed E-state index contributed by atoms with van der Waals surface area (Å²) in [6.45, 7) is 1.92. The first-order valence-corrected chi connectivity index (χ1v) is 12.7. The SMILES string of the molecule is C=S(C)(=O)c1ccc(-c2c[nH]c3nc(Nc4ccc(C(=O)N(C)C)cc4C)nc(OC)c23)cc1. The van der Waals surface area contributed by atoms with Crippen LogP contribution < -0.4 is 10.1 Å². The van der Waals surface area contributed by atoms with Crippen LogP contribution in [0.25, 0.3) is 22.2 Å². The van der Waals surface area contributed by atoms with Gasteiger partial charge in [0.1, 0.15) is 5.65 Å². The number of H-pyrrole nitrogens is 1. The van der Waals surface area contributed by atoms with Gasteiger partial charge in [-0.05, 0) is 63.8 Å². The van der Waals surface area contributed by atoms with Crippen molar-refractivity contribution in [1.82, 2.24) is 19.9 Å². The van der Waals surface area contributed by atoms with Crippen molar-refractivity contribution < 1.29 is 13.7 Å². The van der Waals surface area contributed by atoms with E-state index in [0.29, 0.717) is 27.9 Å². The molecule has 9 heteroatoms. The molecule has 0 aliphatic rings. The number of carbonyl (C=O) groups is 1. The van der Waals surface area contributed by atoms with Crippen LogP contribution in [-0.4, -0.2) is 63.3 Å². The number of benzene rings is 2. The number of amides is 1. The van der Waals surface area contributed by atoms with Gasteiger partial charge < -0.3 is 19.9 Å². The molecule has 8 nitrogen and oxygen atoms in total. The van der Waals surface area contributed by atoms with E-state index in [1.807, 2.05) is 49.5 Å². The molecule has 0 radical (unpaired) electrons. The molecule has 2 aromatic carbocycles. The van der Waals surface area contributed by atoms with Crippen molar-refractivity contribution >= 4 is 44.0 Å². The topological polar surface area (TPSA) is 100 Å². The maximum atomic E-state index is 12.2. The van der Waals surface area contributed by atoms with Gasteiger partial charge in [0.05, 0.1) is 12.5 Å². The zero-order chi connectivity index (χ0) is 24.6. The lowest BCUT2D eigenvalue weighted by Crippen LogP contribution is -2.21. The summed E-state index contributed by atoms with van der Waals surface area (Å²) in [6, 6.07) is 12.9. The van der Waals surface area contributed by atoms with E-state index in [1.165, 1.54) is 0 Å². The van der Waals surface area contributed by atoms with Crippen molar-refractivity contribution in [2.45, 2.75) is 11.8 Å². The molecule has 0 saturated heterocycles. The van der Waals surface area contributed by atoms with Crippen LogP contribution in [-0.2, 0) is 9.52 Å². The number of carbonyl (C=O) groups excluding carboxylic acids is 1. The van der Waals surface area contributed by atoms with Gasteiger partial charge in [-0.1, -0.05) is 12.1 Å². The van der Waals surface area contributed by atoms with Gasteiger partial charge in [0.25, 0.3) is 5.91 Å². The number of nitrogens with one attached hydrogen (secondary N) is 2. The lowest BCUT2D eigenvalue weighted by atomic mass is 10.1. The van der Waals surface area contributed by atoms with Crippen molar-refractivity contribution in [3.63, 3.8) is 0 Å². The van der Waals surface area contributed by atoms with Crippen molar-refractivity contribution in [2.75, 3.05) is 32.8 Å². The third kappa shape index (κ3) is 4.47. The van der Waals surface area contributed by atoms with Gasteiger partial charge >= 0.3 is 0 Å². The maximum absolute atomic E-state index is 12.2. The van der Waals surface area contributed by atoms with Crippen molar-refractivity contribution in [3.05, 3.63) is 59.8 Å². The molecule has 0 bridgehead atoms. The molecule has 176 valence electrons. The average Bonchev–Trinajstić information content (AvgIpc) is 3.23. The number of hydrogen-bond acceptors (Lipinski definition) is 6. The molecule has 34 heavy (non-hydrogen) atoms. The van der Waals surface area contributed by atoms with Gasteiger partial charge in [0.15, 0.2) is 0 Å². The summed E-state index contributed by atoms with van der Waals surface area (Å²) >= 11 is 0. The summed E-state index contributed by atoms with van der Waals surface area (Å²) in [5.41, 5.74) is 4.69. The second-order valence-corrected chi connectivity index (χ2v) is 10.8. The molecule has 0 aliphatic carbocycles. The highest BCUT2D eigenvalue weighted by atomic mass is 32.2. The number of nitrogens with zero attached hydrogens (tertiary/aromatic N) is 3. The minimum absolute atomic E-state index is 0.0579. The van der Waals surface area contributed by atoms with Gasteiger partial charge in [-0.2, -0.15) is 9.97 Å². The van der Waals surface area contributed by atoms with E-state index >= 15 is 0 Å². The van der Waals surface area contributed by atoms with Crippen LogP contribution in [0.3, 0.4) is 0 Å². The lowest BCUT2D eigenvalue weighted by molar-refractivity contribution is 0.0827. The van der Waals surface area contributed by atoms with Gasteiger partial charge in [-0.3, -0.25) is 9.00 Å². The second-order valence-electron chi connectivity index (χ2n) is 8.37. The van der Waals surface area contributed by atoms with Gasteiger partial charge in [0.2, 0.25) is 11.8 Å². The quantitative estimate of drug-likeness (QED) is 0.406. The average molecular weight is 478 g/mol. The predicted octanol–water partition coefficient (Wildman–Crippen LogP) is 4.09. The molecule has 1 unspecified atom stereocenters.